The van der Waals surface area contributed by atoms with Gasteiger partial charge in [-0.3, -0.25) is 9.59 Å². The van der Waals surface area contributed by atoms with Gasteiger partial charge in [0.05, 0.1) is 11.3 Å². The molecule has 41 heavy (non-hydrogen) atoms. The first-order valence-corrected chi connectivity index (χ1v) is 14.1. The molecule has 2 fully saturated rings. The summed E-state index contributed by atoms with van der Waals surface area (Å²) in [5, 5.41) is 8.93. The number of carbonyl (C=O) groups excluding carboxylic acids is 2. The van der Waals surface area contributed by atoms with Gasteiger partial charge in [-0.2, -0.15) is 0 Å². The Morgan fingerprint density at radius 3 is 2.07 bits per heavy atom. The fourth-order valence-corrected chi connectivity index (χ4v) is 5.20. The predicted octanol–water partition coefficient (Wildman–Crippen LogP) is 5.15. The number of benzene rings is 3. The standard InChI is InChI=1S/C33H32FN5O2/c34-29-9-5-4-8-28(29)33(41)39(22-24-10-11-24)23-32(40)38-20-18-37(19-21-38)31-17-16-30(35-36-31)27-14-12-26(13-15-27)25-6-2-1-3-7-25/h1-9,12-17,24H,10-11,18-23H2. The Bertz CT molecular complexity index is 1500. The molecule has 6 rings (SSSR count). The van der Waals surface area contributed by atoms with Crippen LogP contribution in [0.15, 0.2) is 91.0 Å². The van der Waals surface area contributed by atoms with Gasteiger partial charge in [-0.05, 0) is 54.2 Å². The number of hydrogen-bond acceptors (Lipinski definition) is 5. The second-order valence-corrected chi connectivity index (χ2v) is 10.7. The first-order chi connectivity index (χ1) is 20.0. The molecule has 0 atom stereocenters. The summed E-state index contributed by atoms with van der Waals surface area (Å²) in [6.07, 6.45) is 2.07. The highest BCUT2D eigenvalue weighted by Gasteiger charge is 2.31. The third-order valence-electron chi connectivity index (χ3n) is 7.79. The van der Waals surface area contributed by atoms with Crippen LogP contribution in [0.1, 0.15) is 23.2 Å². The number of halogens is 1. The molecule has 0 radical (unpaired) electrons. The molecule has 3 aromatic carbocycles. The highest BCUT2D eigenvalue weighted by Crippen LogP contribution is 2.30. The van der Waals surface area contributed by atoms with Crippen LogP contribution < -0.4 is 4.90 Å². The zero-order valence-electron chi connectivity index (χ0n) is 22.8. The molecule has 2 aliphatic rings. The molecule has 0 unspecified atom stereocenters. The van der Waals surface area contributed by atoms with Crippen LogP contribution in [0.2, 0.25) is 0 Å². The summed E-state index contributed by atoms with van der Waals surface area (Å²) in [6, 6.07) is 28.4. The van der Waals surface area contributed by atoms with Crippen molar-refractivity contribution in [3.05, 3.63) is 102 Å². The summed E-state index contributed by atoms with van der Waals surface area (Å²) in [6.45, 7) is 2.73. The van der Waals surface area contributed by atoms with E-state index in [1.54, 1.807) is 17.0 Å². The Hall–Kier alpha value is -4.59. The lowest BCUT2D eigenvalue weighted by Gasteiger charge is -2.36. The van der Waals surface area contributed by atoms with Crippen molar-refractivity contribution in [2.24, 2.45) is 5.92 Å². The molecule has 0 bridgehead atoms. The molecule has 7 nitrogen and oxygen atoms in total. The van der Waals surface area contributed by atoms with Crippen LogP contribution in [-0.4, -0.2) is 71.1 Å². The van der Waals surface area contributed by atoms with Crippen molar-refractivity contribution >= 4 is 17.6 Å². The zero-order valence-corrected chi connectivity index (χ0v) is 22.8. The lowest BCUT2D eigenvalue weighted by molar-refractivity contribution is -0.132. The molecular formula is C33H32FN5O2. The van der Waals surface area contributed by atoms with E-state index in [0.29, 0.717) is 38.6 Å². The Labute approximate surface area is 239 Å². The van der Waals surface area contributed by atoms with Crippen molar-refractivity contribution < 1.29 is 14.0 Å². The highest BCUT2D eigenvalue weighted by molar-refractivity contribution is 5.96. The molecular weight excluding hydrogens is 517 g/mol. The molecule has 1 saturated carbocycles. The van der Waals surface area contributed by atoms with Crippen LogP contribution in [0.25, 0.3) is 22.4 Å². The Morgan fingerprint density at radius 1 is 0.756 bits per heavy atom. The van der Waals surface area contributed by atoms with E-state index in [4.69, 9.17) is 0 Å². The van der Waals surface area contributed by atoms with E-state index in [1.807, 2.05) is 30.3 Å². The minimum atomic E-state index is -0.560. The molecule has 1 aliphatic carbocycles. The van der Waals surface area contributed by atoms with Gasteiger partial charge >= 0.3 is 0 Å². The van der Waals surface area contributed by atoms with Gasteiger partial charge in [0, 0.05) is 38.3 Å². The van der Waals surface area contributed by atoms with E-state index in [0.717, 1.165) is 35.5 Å². The average molecular weight is 550 g/mol. The van der Waals surface area contributed by atoms with Gasteiger partial charge < -0.3 is 14.7 Å². The monoisotopic (exact) mass is 549 g/mol. The molecule has 0 N–H and O–H groups in total. The molecule has 2 heterocycles. The van der Waals surface area contributed by atoms with Gasteiger partial charge in [0.15, 0.2) is 5.82 Å². The van der Waals surface area contributed by atoms with Crippen molar-refractivity contribution in [2.75, 3.05) is 44.2 Å². The quantitative estimate of drug-likeness (QED) is 0.304. The van der Waals surface area contributed by atoms with E-state index in [1.165, 1.54) is 22.6 Å². The lowest BCUT2D eigenvalue weighted by Crippen LogP contribution is -2.52. The SMILES string of the molecule is O=C(CN(CC1CC1)C(=O)c1ccccc1F)N1CCN(c2ccc(-c3ccc(-c4ccccc4)cc3)nn2)CC1. The second kappa shape index (κ2) is 11.9. The molecule has 4 aromatic rings. The maximum Gasteiger partial charge on any atom is 0.257 e. The highest BCUT2D eigenvalue weighted by atomic mass is 19.1. The molecule has 208 valence electrons. The molecule has 1 aromatic heterocycles. The smallest absolute Gasteiger partial charge is 0.257 e. The number of nitrogens with zero attached hydrogens (tertiary/aromatic N) is 5. The average Bonchev–Trinajstić information content (AvgIpc) is 3.85. The number of piperazine rings is 1. The molecule has 1 saturated heterocycles. The largest absolute Gasteiger partial charge is 0.352 e. The van der Waals surface area contributed by atoms with Gasteiger partial charge in [0.25, 0.3) is 5.91 Å². The number of amides is 2. The van der Waals surface area contributed by atoms with Crippen LogP contribution in [0.3, 0.4) is 0 Å². The fourth-order valence-electron chi connectivity index (χ4n) is 5.20. The molecule has 0 spiro atoms. The summed E-state index contributed by atoms with van der Waals surface area (Å²) in [5.41, 5.74) is 4.14. The van der Waals surface area contributed by atoms with E-state index in [2.05, 4.69) is 51.5 Å². The van der Waals surface area contributed by atoms with Crippen LogP contribution >= 0.6 is 0 Å². The number of anilines is 1. The summed E-state index contributed by atoms with van der Waals surface area (Å²) in [4.78, 5) is 31.7. The molecule has 2 amide bonds. The summed E-state index contributed by atoms with van der Waals surface area (Å²) < 4.78 is 14.3. The number of rotatable bonds is 8. The number of aromatic nitrogens is 2. The minimum absolute atomic E-state index is 0.0138. The Balaban J connectivity index is 1.05. The van der Waals surface area contributed by atoms with Crippen LogP contribution in [0.4, 0.5) is 10.2 Å². The maximum atomic E-state index is 14.3. The van der Waals surface area contributed by atoms with Crippen molar-refractivity contribution in [2.45, 2.75) is 12.8 Å². The third kappa shape index (κ3) is 6.27. The van der Waals surface area contributed by atoms with Gasteiger partial charge in [-0.15, -0.1) is 10.2 Å². The topological polar surface area (TPSA) is 69.6 Å². The van der Waals surface area contributed by atoms with Gasteiger partial charge in [0.1, 0.15) is 12.4 Å². The van der Waals surface area contributed by atoms with Gasteiger partial charge in [-0.25, -0.2) is 4.39 Å². The normalized spacial score (nSPS) is 15.0. The second-order valence-electron chi connectivity index (χ2n) is 10.7. The first-order valence-electron chi connectivity index (χ1n) is 14.1. The lowest BCUT2D eigenvalue weighted by atomic mass is 10.0. The molecule has 8 heteroatoms. The molecule has 1 aliphatic heterocycles. The van der Waals surface area contributed by atoms with E-state index in [9.17, 15) is 14.0 Å². The van der Waals surface area contributed by atoms with Crippen LogP contribution in [0.5, 0.6) is 0 Å². The third-order valence-corrected chi connectivity index (χ3v) is 7.79. The first kappa shape index (κ1) is 26.6. The van der Waals surface area contributed by atoms with Crippen molar-refractivity contribution in [3.8, 4) is 22.4 Å². The van der Waals surface area contributed by atoms with E-state index < -0.39 is 11.7 Å². The van der Waals surface area contributed by atoms with Gasteiger partial charge in [0.2, 0.25) is 5.91 Å². The summed E-state index contributed by atoms with van der Waals surface area (Å²) in [5.74, 6) is 0.0590. The minimum Gasteiger partial charge on any atom is -0.352 e. The number of carbonyl (C=O) groups is 2. The van der Waals surface area contributed by atoms with Crippen LogP contribution in [-0.2, 0) is 4.79 Å². The number of hydrogen-bond donors (Lipinski definition) is 0. The van der Waals surface area contributed by atoms with Gasteiger partial charge in [-0.1, -0.05) is 66.7 Å². The summed E-state index contributed by atoms with van der Waals surface area (Å²) >= 11 is 0. The zero-order chi connectivity index (χ0) is 28.2. The predicted molar refractivity (Wildman–Crippen MR) is 157 cm³/mol. The van der Waals surface area contributed by atoms with Crippen molar-refractivity contribution in [3.63, 3.8) is 0 Å². The summed E-state index contributed by atoms with van der Waals surface area (Å²) in [7, 11) is 0. The Morgan fingerprint density at radius 2 is 1.41 bits per heavy atom. The maximum absolute atomic E-state index is 14.3. The van der Waals surface area contributed by atoms with Crippen LogP contribution in [0, 0.1) is 11.7 Å². The van der Waals surface area contributed by atoms with E-state index >= 15 is 0 Å². The van der Waals surface area contributed by atoms with E-state index in [-0.39, 0.29) is 18.0 Å². The van der Waals surface area contributed by atoms with Crippen molar-refractivity contribution in [1.29, 1.82) is 0 Å². The Kier molecular flexibility index (Phi) is 7.71. The fraction of sp³-hybridized carbons (Fsp3) is 0.273. The van der Waals surface area contributed by atoms with Crippen molar-refractivity contribution in [1.82, 2.24) is 20.0 Å².